The molecular formula is C28H25F3N4O6S. The monoisotopic (exact) mass is 602 g/mol. The van der Waals surface area contributed by atoms with Crippen molar-refractivity contribution < 1.29 is 37.0 Å². The first kappa shape index (κ1) is 30.4. The van der Waals surface area contributed by atoms with E-state index in [1.54, 1.807) is 42.6 Å². The van der Waals surface area contributed by atoms with Crippen molar-refractivity contribution in [2.75, 3.05) is 18.6 Å². The number of rotatable bonds is 10. The highest BCUT2D eigenvalue weighted by atomic mass is 32.1. The highest BCUT2D eigenvalue weighted by Gasteiger charge is 2.41. The molecule has 10 nitrogen and oxygen atoms in total. The number of hydrogen-bond donors (Lipinski definition) is 2. The third kappa shape index (κ3) is 7.19. The van der Waals surface area contributed by atoms with Crippen LogP contribution in [-0.4, -0.2) is 47.6 Å². The average molecular weight is 603 g/mol. The van der Waals surface area contributed by atoms with Crippen molar-refractivity contribution in [1.82, 2.24) is 15.3 Å². The molecule has 0 aliphatic carbocycles. The third-order valence-electron chi connectivity index (χ3n) is 6.02. The number of carbonyl (C=O) groups is 3. The molecule has 220 valence electrons. The normalized spacial score (nSPS) is 11.4. The second-order valence-electron chi connectivity index (χ2n) is 8.98. The number of alkyl halides is 3. The minimum absolute atomic E-state index is 0.000880. The maximum atomic E-state index is 12.8. The van der Waals surface area contributed by atoms with Gasteiger partial charge in [-0.2, -0.15) is 13.2 Å². The van der Waals surface area contributed by atoms with E-state index >= 15 is 0 Å². The van der Waals surface area contributed by atoms with Crippen LogP contribution >= 0.6 is 11.3 Å². The largest absolute Gasteiger partial charge is 0.471 e. The lowest BCUT2D eigenvalue weighted by atomic mass is 10.1. The van der Waals surface area contributed by atoms with Gasteiger partial charge < -0.3 is 24.7 Å². The van der Waals surface area contributed by atoms with Gasteiger partial charge >= 0.3 is 18.1 Å². The van der Waals surface area contributed by atoms with E-state index in [9.17, 15) is 32.3 Å². The van der Waals surface area contributed by atoms with Crippen molar-refractivity contribution in [1.29, 1.82) is 0 Å². The molecule has 0 spiro atoms. The van der Waals surface area contributed by atoms with Crippen molar-refractivity contribution in [3.05, 3.63) is 92.3 Å². The van der Waals surface area contributed by atoms with Crippen molar-refractivity contribution in [2.24, 2.45) is 0 Å². The van der Waals surface area contributed by atoms with Crippen LogP contribution in [-0.2, 0) is 34.0 Å². The number of nitrogens with zero attached hydrogens (tertiary/aromatic N) is 2. The molecule has 2 aromatic carbocycles. The number of halogens is 3. The van der Waals surface area contributed by atoms with Crippen LogP contribution in [0.4, 0.5) is 18.9 Å². The Bertz CT molecular complexity index is 1670. The molecule has 0 bridgehead atoms. The van der Waals surface area contributed by atoms with Gasteiger partial charge in [0.1, 0.15) is 4.83 Å². The van der Waals surface area contributed by atoms with Gasteiger partial charge in [-0.05, 0) is 47.7 Å². The quantitative estimate of drug-likeness (QED) is 0.258. The minimum Gasteiger partial charge on any atom is -0.462 e. The van der Waals surface area contributed by atoms with Crippen LogP contribution in [0, 0.1) is 0 Å². The molecule has 42 heavy (non-hydrogen) atoms. The van der Waals surface area contributed by atoms with Gasteiger partial charge in [0.2, 0.25) is 5.82 Å². The van der Waals surface area contributed by atoms with Crippen molar-refractivity contribution in [3.8, 4) is 0 Å². The number of carbonyl (C=O) groups excluding carboxylic acids is 3. The zero-order valence-electron chi connectivity index (χ0n) is 22.4. The van der Waals surface area contributed by atoms with E-state index in [4.69, 9.17) is 9.47 Å². The fourth-order valence-corrected chi connectivity index (χ4v) is 4.82. The molecule has 2 aromatic heterocycles. The summed E-state index contributed by atoms with van der Waals surface area (Å²) in [6, 6.07) is 12.5. The van der Waals surface area contributed by atoms with Crippen LogP contribution in [0.5, 0.6) is 0 Å². The summed E-state index contributed by atoms with van der Waals surface area (Å²) < 4.78 is 49.0. The molecule has 0 atom stereocenters. The van der Waals surface area contributed by atoms with Crippen molar-refractivity contribution in [2.45, 2.75) is 32.9 Å². The van der Waals surface area contributed by atoms with Gasteiger partial charge in [0.05, 0.1) is 30.8 Å². The predicted molar refractivity (Wildman–Crippen MR) is 148 cm³/mol. The Morgan fingerprint density at radius 1 is 1.07 bits per heavy atom. The minimum atomic E-state index is -5.03. The summed E-state index contributed by atoms with van der Waals surface area (Å²) in [6.07, 6.45) is -5.03. The molecule has 4 aromatic rings. The Kier molecular flexibility index (Phi) is 9.38. The second kappa shape index (κ2) is 13.0. The molecule has 0 unspecified atom stereocenters. The standard InChI is InChI=1S/C28H25F3N4O6S/c1-3-41-26(38)18-9-7-16(8-10-18)13-40-14-19-15-42-25-21(19)23(36)33-22(34-25)24(37)32-12-17-5-4-6-20(11-17)35(2)27(39)28(29,30)31/h4-11,15H,3,12-14H2,1-2H3,(H,32,37)(H,33,34,36). The van der Waals surface area contributed by atoms with E-state index in [0.29, 0.717) is 31.8 Å². The molecule has 0 saturated heterocycles. The molecule has 2 amide bonds. The molecular weight excluding hydrogens is 577 g/mol. The predicted octanol–water partition coefficient (Wildman–Crippen LogP) is 4.33. The number of nitrogens with one attached hydrogen (secondary N) is 2. The van der Waals surface area contributed by atoms with Gasteiger partial charge in [-0.3, -0.25) is 14.4 Å². The van der Waals surface area contributed by atoms with E-state index in [2.05, 4.69) is 15.3 Å². The number of aromatic amines is 1. The van der Waals surface area contributed by atoms with Crippen LogP contribution in [0.15, 0.2) is 58.7 Å². The lowest BCUT2D eigenvalue weighted by molar-refractivity contribution is -0.170. The Hall–Kier alpha value is -4.56. The number of amides is 2. The molecule has 2 N–H and O–H groups in total. The fraction of sp³-hybridized carbons (Fsp3) is 0.250. The van der Waals surface area contributed by atoms with Gasteiger partial charge in [-0.15, -0.1) is 11.3 Å². The van der Waals surface area contributed by atoms with E-state index in [1.807, 2.05) is 0 Å². The van der Waals surface area contributed by atoms with Gasteiger partial charge in [0, 0.05) is 24.8 Å². The summed E-state index contributed by atoms with van der Waals surface area (Å²) in [5.74, 6) is -3.36. The maximum Gasteiger partial charge on any atom is 0.471 e. The Balaban J connectivity index is 1.37. The molecule has 4 rings (SSSR count). The zero-order chi connectivity index (χ0) is 30.4. The molecule has 0 fully saturated rings. The topological polar surface area (TPSA) is 131 Å². The molecule has 0 aliphatic heterocycles. The Morgan fingerprint density at radius 3 is 2.50 bits per heavy atom. The number of esters is 1. The van der Waals surface area contributed by atoms with Gasteiger partial charge in [-0.1, -0.05) is 24.3 Å². The molecule has 14 heteroatoms. The van der Waals surface area contributed by atoms with Gasteiger partial charge in [-0.25, -0.2) is 9.78 Å². The number of hydrogen-bond acceptors (Lipinski definition) is 8. The van der Waals surface area contributed by atoms with Crippen molar-refractivity contribution >= 4 is 45.0 Å². The third-order valence-corrected chi connectivity index (χ3v) is 6.95. The summed E-state index contributed by atoms with van der Waals surface area (Å²) in [4.78, 5) is 56.3. The van der Waals surface area contributed by atoms with E-state index in [0.717, 1.165) is 12.6 Å². The van der Waals surface area contributed by atoms with E-state index in [1.165, 1.54) is 29.5 Å². The highest BCUT2D eigenvalue weighted by molar-refractivity contribution is 7.16. The summed E-state index contributed by atoms with van der Waals surface area (Å²) in [5, 5.41) is 4.57. The van der Waals surface area contributed by atoms with E-state index in [-0.39, 0.29) is 37.9 Å². The number of anilines is 1. The van der Waals surface area contributed by atoms with E-state index < -0.39 is 29.5 Å². The molecule has 0 saturated carbocycles. The molecule has 2 heterocycles. The smallest absolute Gasteiger partial charge is 0.462 e. The first-order valence-electron chi connectivity index (χ1n) is 12.5. The number of benzene rings is 2. The number of H-pyrrole nitrogens is 1. The van der Waals surface area contributed by atoms with Crippen LogP contribution in [0.3, 0.4) is 0 Å². The van der Waals surface area contributed by atoms with Crippen LogP contribution in [0.2, 0.25) is 0 Å². The number of ether oxygens (including phenoxy) is 2. The number of aromatic nitrogens is 2. The van der Waals surface area contributed by atoms with Gasteiger partial charge in [0.25, 0.3) is 11.5 Å². The first-order valence-corrected chi connectivity index (χ1v) is 13.4. The molecule has 0 aliphatic rings. The van der Waals surface area contributed by atoms with Crippen LogP contribution < -0.4 is 15.8 Å². The fourth-order valence-electron chi connectivity index (χ4n) is 3.90. The summed E-state index contributed by atoms with van der Waals surface area (Å²) in [5.41, 5.74) is 1.74. The molecule has 0 radical (unpaired) electrons. The SMILES string of the molecule is CCOC(=O)c1ccc(COCc2csc3nc(C(=O)NCc4cccc(N(C)C(=O)C(F)(F)F)c4)[nH]c(=O)c23)cc1. The average Bonchev–Trinajstić information content (AvgIpc) is 3.38. The highest BCUT2D eigenvalue weighted by Crippen LogP contribution is 2.24. The lowest BCUT2D eigenvalue weighted by Crippen LogP contribution is -2.38. The zero-order valence-corrected chi connectivity index (χ0v) is 23.2. The maximum absolute atomic E-state index is 12.8. The van der Waals surface area contributed by atoms with Crippen LogP contribution in [0.25, 0.3) is 10.2 Å². The Labute approximate surface area is 241 Å². The summed E-state index contributed by atoms with van der Waals surface area (Å²) in [7, 11) is 1.00. The van der Waals surface area contributed by atoms with Gasteiger partial charge in [0.15, 0.2) is 0 Å². The van der Waals surface area contributed by atoms with Crippen molar-refractivity contribution in [3.63, 3.8) is 0 Å². The number of thiophene rings is 1. The first-order chi connectivity index (χ1) is 20.0. The summed E-state index contributed by atoms with van der Waals surface area (Å²) in [6.45, 7) is 2.26. The number of fused-ring (bicyclic) bond motifs is 1. The lowest BCUT2D eigenvalue weighted by Gasteiger charge is -2.19. The van der Waals surface area contributed by atoms with Crippen LogP contribution in [0.1, 0.15) is 44.6 Å². The second-order valence-corrected chi connectivity index (χ2v) is 9.84. The Morgan fingerprint density at radius 2 is 1.81 bits per heavy atom. The summed E-state index contributed by atoms with van der Waals surface area (Å²) >= 11 is 1.17.